The molecule has 1 amide bonds. The van der Waals surface area contributed by atoms with Crippen LogP contribution in [0.5, 0.6) is 5.88 Å². The summed E-state index contributed by atoms with van der Waals surface area (Å²) in [5.74, 6) is -3.12. The number of carbonyl (C=O) groups excluding carboxylic acids is 1. The Hall–Kier alpha value is -2.13. The summed E-state index contributed by atoms with van der Waals surface area (Å²) in [5, 5.41) is 0. The third-order valence-corrected chi connectivity index (χ3v) is 3.81. The van der Waals surface area contributed by atoms with Gasteiger partial charge in [-0.25, -0.2) is 18.6 Å². The molecule has 27 heavy (non-hydrogen) atoms. The Morgan fingerprint density at radius 1 is 1.30 bits per heavy atom. The summed E-state index contributed by atoms with van der Waals surface area (Å²) in [4.78, 5) is 17.0. The van der Waals surface area contributed by atoms with Crippen molar-refractivity contribution in [3.63, 3.8) is 0 Å². The zero-order chi connectivity index (χ0) is 20.5. The first-order chi connectivity index (χ1) is 12.3. The second kappa shape index (κ2) is 7.47. The number of alkyl halides is 5. The molecule has 0 aliphatic carbocycles. The summed E-state index contributed by atoms with van der Waals surface area (Å²) in [5.41, 5.74) is -1.74. The van der Waals surface area contributed by atoms with Gasteiger partial charge in [0.25, 0.3) is 5.92 Å². The molecule has 152 valence electrons. The van der Waals surface area contributed by atoms with E-state index in [4.69, 9.17) is 9.47 Å². The van der Waals surface area contributed by atoms with Crippen LogP contribution >= 0.6 is 0 Å². The Bertz CT molecular complexity index is 656. The third-order valence-electron chi connectivity index (χ3n) is 3.81. The number of likely N-dealkylation sites (tertiary alicyclic amines) is 1. The van der Waals surface area contributed by atoms with Crippen LogP contribution in [0.4, 0.5) is 26.7 Å². The van der Waals surface area contributed by atoms with E-state index in [9.17, 15) is 26.7 Å². The number of piperidine rings is 1. The molecule has 0 bridgehead atoms. The van der Waals surface area contributed by atoms with E-state index in [1.807, 2.05) is 0 Å². The van der Waals surface area contributed by atoms with Crippen molar-refractivity contribution < 1.29 is 36.2 Å². The quantitative estimate of drug-likeness (QED) is 0.706. The zero-order valence-electron chi connectivity index (χ0n) is 15.1. The maximum absolute atomic E-state index is 13.8. The Labute approximate surface area is 153 Å². The topological polar surface area (TPSA) is 51.7 Å². The number of rotatable bonds is 3. The fourth-order valence-electron chi connectivity index (χ4n) is 2.55. The molecule has 2 heterocycles. The van der Waals surface area contributed by atoms with Crippen LogP contribution in [0.15, 0.2) is 18.3 Å². The molecule has 5 nitrogen and oxygen atoms in total. The maximum atomic E-state index is 13.8. The van der Waals surface area contributed by atoms with Gasteiger partial charge in [-0.3, -0.25) is 0 Å². The minimum Gasteiger partial charge on any atom is -0.475 e. The van der Waals surface area contributed by atoms with Crippen LogP contribution in [0.1, 0.15) is 39.2 Å². The van der Waals surface area contributed by atoms with Crippen LogP contribution in [-0.2, 0) is 10.9 Å². The van der Waals surface area contributed by atoms with Crippen molar-refractivity contribution in [2.45, 2.75) is 57.4 Å². The van der Waals surface area contributed by atoms with Gasteiger partial charge in [0.05, 0.1) is 11.6 Å². The third kappa shape index (κ3) is 6.21. The predicted octanol–water partition coefficient (Wildman–Crippen LogP) is 4.51. The number of carbonyl (C=O) groups is 1. The van der Waals surface area contributed by atoms with Crippen LogP contribution < -0.4 is 4.74 Å². The molecule has 0 N–H and O–H groups in total. The fourth-order valence-corrected chi connectivity index (χ4v) is 2.55. The first kappa shape index (κ1) is 21.2. The summed E-state index contributed by atoms with van der Waals surface area (Å²) in [6.45, 7) is 4.41. The highest BCUT2D eigenvalue weighted by molar-refractivity contribution is 5.68. The van der Waals surface area contributed by atoms with E-state index in [1.54, 1.807) is 20.8 Å². The van der Waals surface area contributed by atoms with E-state index in [2.05, 4.69) is 4.98 Å². The minimum absolute atomic E-state index is 0.152. The van der Waals surface area contributed by atoms with Gasteiger partial charge in [-0.15, -0.1) is 0 Å². The van der Waals surface area contributed by atoms with Gasteiger partial charge in [0.2, 0.25) is 5.88 Å². The minimum atomic E-state index is -4.54. The summed E-state index contributed by atoms with van der Waals surface area (Å²) in [7, 11) is 0. The second-order valence-corrected chi connectivity index (χ2v) is 7.33. The van der Waals surface area contributed by atoms with Crippen molar-refractivity contribution in [2.24, 2.45) is 0 Å². The van der Waals surface area contributed by atoms with Gasteiger partial charge in [-0.1, -0.05) is 0 Å². The Morgan fingerprint density at radius 2 is 1.96 bits per heavy atom. The van der Waals surface area contributed by atoms with Crippen LogP contribution in [0.3, 0.4) is 0 Å². The van der Waals surface area contributed by atoms with E-state index < -0.39 is 48.2 Å². The van der Waals surface area contributed by atoms with Gasteiger partial charge in [0.15, 0.2) is 0 Å². The standard InChI is InChI=1S/C17H21F5N2O3/c1-15(2,3)27-14(25)24-7-6-16(18,19)8-12(24)10-26-13-5-4-11(9-23-13)17(20,21)22/h4-5,9,12H,6-8,10H2,1-3H3. The van der Waals surface area contributed by atoms with Gasteiger partial charge in [0.1, 0.15) is 12.2 Å². The largest absolute Gasteiger partial charge is 0.475 e. The number of aromatic nitrogens is 1. The van der Waals surface area contributed by atoms with Gasteiger partial charge < -0.3 is 14.4 Å². The zero-order valence-corrected chi connectivity index (χ0v) is 15.1. The number of pyridine rings is 1. The molecule has 0 radical (unpaired) electrons. The van der Waals surface area contributed by atoms with E-state index in [0.717, 1.165) is 17.0 Å². The molecule has 1 saturated heterocycles. The Morgan fingerprint density at radius 3 is 2.48 bits per heavy atom. The highest BCUT2D eigenvalue weighted by Gasteiger charge is 2.43. The lowest BCUT2D eigenvalue weighted by atomic mass is 9.99. The van der Waals surface area contributed by atoms with Crippen LogP contribution in [-0.4, -0.2) is 46.7 Å². The molecule has 1 fully saturated rings. The summed E-state index contributed by atoms with van der Waals surface area (Å²) < 4.78 is 75.6. The van der Waals surface area contributed by atoms with Gasteiger partial charge in [0, 0.05) is 31.6 Å². The van der Waals surface area contributed by atoms with Crippen molar-refractivity contribution >= 4 is 6.09 Å². The van der Waals surface area contributed by atoms with Crippen LogP contribution in [0, 0.1) is 0 Å². The number of hydrogen-bond acceptors (Lipinski definition) is 4. The first-order valence-electron chi connectivity index (χ1n) is 8.30. The summed E-state index contributed by atoms with van der Waals surface area (Å²) in [6, 6.07) is 0.790. The number of amides is 1. The smallest absolute Gasteiger partial charge is 0.417 e. The van der Waals surface area contributed by atoms with E-state index in [0.29, 0.717) is 6.20 Å². The number of ether oxygens (including phenoxy) is 2. The molecule has 1 aliphatic rings. The number of nitrogens with zero attached hydrogens (tertiary/aromatic N) is 2. The maximum Gasteiger partial charge on any atom is 0.417 e. The number of halogens is 5. The van der Waals surface area contributed by atoms with E-state index >= 15 is 0 Å². The molecule has 1 unspecified atom stereocenters. The van der Waals surface area contributed by atoms with Gasteiger partial charge in [-0.2, -0.15) is 13.2 Å². The molecule has 1 aliphatic heterocycles. The fraction of sp³-hybridized carbons (Fsp3) is 0.647. The predicted molar refractivity (Wildman–Crippen MR) is 85.6 cm³/mol. The molecule has 0 saturated carbocycles. The molecular formula is C17H21F5N2O3. The summed E-state index contributed by atoms with van der Waals surface area (Å²) >= 11 is 0. The van der Waals surface area contributed by atoms with Crippen LogP contribution in [0.2, 0.25) is 0 Å². The Balaban J connectivity index is 2.06. The number of hydrogen-bond donors (Lipinski definition) is 0. The molecule has 10 heteroatoms. The molecular weight excluding hydrogens is 375 g/mol. The molecule has 2 rings (SSSR count). The van der Waals surface area contributed by atoms with Crippen molar-refractivity contribution in [2.75, 3.05) is 13.2 Å². The second-order valence-electron chi connectivity index (χ2n) is 7.33. The van der Waals surface area contributed by atoms with Gasteiger partial charge >= 0.3 is 12.3 Å². The molecule has 1 aromatic rings. The van der Waals surface area contributed by atoms with Crippen molar-refractivity contribution in [1.29, 1.82) is 0 Å². The van der Waals surface area contributed by atoms with E-state index in [-0.39, 0.29) is 19.0 Å². The first-order valence-corrected chi connectivity index (χ1v) is 8.30. The molecule has 1 atom stereocenters. The monoisotopic (exact) mass is 396 g/mol. The van der Waals surface area contributed by atoms with Crippen molar-refractivity contribution in [3.05, 3.63) is 23.9 Å². The average molecular weight is 396 g/mol. The van der Waals surface area contributed by atoms with Crippen molar-refractivity contribution in [3.8, 4) is 5.88 Å². The van der Waals surface area contributed by atoms with E-state index in [1.165, 1.54) is 0 Å². The molecule has 1 aromatic heterocycles. The lowest BCUT2D eigenvalue weighted by molar-refractivity contribution is -0.137. The van der Waals surface area contributed by atoms with Crippen molar-refractivity contribution in [1.82, 2.24) is 9.88 Å². The highest BCUT2D eigenvalue weighted by Crippen LogP contribution is 2.33. The lowest BCUT2D eigenvalue weighted by Gasteiger charge is -2.39. The normalized spacial score (nSPS) is 20.3. The van der Waals surface area contributed by atoms with Crippen LogP contribution in [0.25, 0.3) is 0 Å². The summed E-state index contributed by atoms with van der Waals surface area (Å²) in [6.07, 6.45) is -5.82. The SMILES string of the molecule is CC(C)(C)OC(=O)N1CCC(F)(F)CC1COc1ccc(C(F)(F)F)cn1. The van der Waals surface area contributed by atoms with Gasteiger partial charge in [-0.05, 0) is 26.8 Å². The molecule has 0 aromatic carbocycles. The average Bonchev–Trinajstić information content (AvgIpc) is 2.50. The lowest BCUT2D eigenvalue weighted by Crippen LogP contribution is -2.53. The molecule has 0 spiro atoms. The Kier molecular flexibility index (Phi) is 5.86. The highest BCUT2D eigenvalue weighted by atomic mass is 19.4.